The maximum atomic E-state index is 4.65. The van der Waals surface area contributed by atoms with Crippen molar-refractivity contribution >= 4 is 28.0 Å². The number of nitrogens with zero attached hydrogens (tertiary/aromatic N) is 2. The van der Waals surface area contributed by atoms with Crippen LogP contribution in [0.25, 0.3) is 11.3 Å². The molecule has 2 aromatic heterocycles. The Balaban J connectivity index is 1.40. The minimum absolute atomic E-state index is 0.800. The van der Waals surface area contributed by atoms with Gasteiger partial charge >= 0.3 is 0 Å². The third kappa shape index (κ3) is 4.07. The van der Waals surface area contributed by atoms with Crippen LogP contribution in [-0.2, 0) is 6.54 Å². The molecule has 4 nitrogen and oxygen atoms in total. The standard InChI is InChI=1S/C21H18N4S/c1-2-6-16(7-3-1)14-23-18-11-9-17(10-12-18)19-15-26-21(24-19)25-20-8-4-5-13-22-20/h1-13,15,23H,14H2,(H,22,24,25). The van der Waals surface area contributed by atoms with Gasteiger partial charge in [-0.3, -0.25) is 0 Å². The molecule has 4 rings (SSSR count). The van der Waals surface area contributed by atoms with Crippen LogP contribution in [0.4, 0.5) is 16.6 Å². The van der Waals surface area contributed by atoms with Gasteiger partial charge in [-0.15, -0.1) is 11.3 Å². The lowest BCUT2D eigenvalue weighted by Gasteiger charge is -2.07. The number of benzene rings is 2. The van der Waals surface area contributed by atoms with Crippen LogP contribution >= 0.6 is 11.3 Å². The summed E-state index contributed by atoms with van der Waals surface area (Å²) in [5, 5.41) is 9.56. The van der Waals surface area contributed by atoms with Crippen LogP contribution in [0.3, 0.4) is 0 Å². The average molecular weight is 358 g/mol. The summed E-state index contributed by atoms with van der Waals surface area (Å²) < 4.78 is 0. The van der Waals surface area contributed by atoms with Gasteiger partial charge in [0, 0.05) is 29.4 Å². The van der Waals surface area contributed by atoms with Crippen molar-refractivity contribution < 1.29 is 0 Å². The molecule has 2 aromatic carbocycles. The summed E-state index contributed by atoms with van der Waals surface area (Å²) in [6.45, 7) is 0.815. The van der Waals surface area contributed by atoms with Crippen LogP contribution in [0.1, 0.15) is 5.56 Å². The first-order valence-corrected chi connectivity index (χ1v) is 9.27. The molecule has 2 N–H and O–H groups in total. The molecule has 0 saturated heterocycles. The largest absolute Gasteiger partial charge is 0.381 e. The quantitative estimate of drug-likeness (QED) is 0.474. The van der Waals surface area contributed by atoms with Crippen molar-refractivity contribution in [3.05, 3.63) is 89.9 Å². The molecule has 0 saturated carbocycles. The Morgan fingerprint density at radius 1 is 0.846 bits per heavy atom. The van der Waals surface area contributed by atoms with Gasteiger partial charge < -0.3 is 10.6 Å². The van der Waals surface area contributed by atoms with Crippen LogP contribution < -0.4 is 10.6 Å². The monoisotopic (exact) mass is 358 g/mol. The van der Waals surface area contributed by atoms with Crippen molar-refractivity contribution in [2.24, 2.45) is 0 Å². The van der Waals surface area contributed by atoms with Crippen LogP contribution in [0, 0.1) is 0 Å². The van der Waals surface area contributed by atoms with Gasteiger partial charge in [0.15, 0.2) is 5.13 Å². The lowest BCUT2D eigenvalue weighted by Crippen LogP contribution is -1.98. The second-order valence-electron chi connectivity index (χ2n) is 5.79. The molecule has 0 aliphatic carbocycles. The molecule has 0 amide bonds. The van der Waals surface area contributed by atoms with E-state index in [4.69, 9.17) is 0 Å². The SMILES string of the molecule is c1ccc(CNc2ccc(-c3csc(Nc4ccccn4)n3)cc2)cc1. The predicted octanol–water partition coefficient (Wildman–Crippen LogP) is 5.56. The summed E-state index contributed by atoms with van der Waals surface area (Å²) >= 11 is 1.57. The second-order valence-corrected chi connectivity index (χ2v) is 6.65. The summed E-state index contributed by atoms with van der Waals surface area (Å²) in [4.78, 5) is 8.91. The molecule has 0 aliphatic heterocycles. The Kier molecular flexibility index (Phi) is 4.89. The van der Waals surface area contributed by atoms with Crippen LogP contribution in [0.2, 0.25) is 0 Å². The first-order chi connectivity index (χ1) is 12.9. The molecule has 2 heterocycles. The first kappa shape index (κ1) is 16.3. The fourth-order valence-corrected chi connectivity index (χ4v) is 3.30. The minimum atomic E-state index is 0.800. The van der Waals surface area contributed by atoms with Crippen molar-refractivity contribution in [1.29, 1.82) is 0 Å². The van der Waals surface area contributed by atoms with Gasteiger partial charge in [-0.25, -0.2) is 9.97 Å². The molecule has 0 fully saturated rings. The van der Waals surface area contributed by atoms with Crippen molar-refractivity contribution in [2.45, 2.75) is 6.54 Å². The Labute approximate surface area is 156 Å². The molecule has 0 bridgehead atoms. The number of aromatic nitrogens is 2. The highest BCUT2D eigenvalue weighted by atomic mass is 32.1. The van der Waals surface area contributed by atoms with E-state index in [1.54, 1.807) is 17.5 Å². The molecule has 0 atom stereocenters. The summed E-state index contributed by atoms with van der Waals surface area (Å²) in [5.41, 5.74) is 4.42. The topological polar surface area (TPSA) is 49.8 Å². The maximum Gasteiger partial charge on any atom is 0.188 e. The number of nitrogens with one attached hydrogen (secondary N) is 2. The summed E-state index contributed by atoms with van der Waals surface area (Å²) in [7, 11) is 0. The van der Waals surface area contributed by atoms with Gasteiger partial charge in [-0.05, 0) is 29.8 Å². The van der Waals surface area contributed by atoms with Crippen LogP contribution in [0.15, 0.2) is 84.4 Å². The van der Waals surface area contributed by atoms with Crippen molar-refractivity contribution in [2.75, 3.05) is 10.6 Å². The van der Waals surface area contributed by atoms with E-state index >= 15 is 0 Å². The average Bonchev–Trinajstić information content (AvgIpc) is 3.17. The highest BCUT2D eigenvalue weighted by Crippen LogP contribution is 2.27. The lowest BCUT2D eigenvalue weighted by molar-refractivity contribution is 1.15. The van der Waals surface area contributed by atoms with Crippen LogP contribution in [0.5, 0.6) is 0 Å². The van der Waals surface area contributed by atoms with E-state index in [1.807, 2.05) is 24.3 Å². The molecule has 128 valence electrons. The zero-order valence-electron chi connectivity index (χ0n) is 14.1. The van der Waals surface area contributed by atoms with Gasteiger partial charge in [0.1, 0.15) is 5.82 Å². The van der Waals surface area contributed by atoms with E-state index in [0.29, 0.717) is 0 Å². The maximum absolute atomic E-state index is 4.65. The number of pyridine rings is 1. The Bertz CT molecular complexity index is 950. The normalized spacial score (nSPS) is 10.5. The van der Waals surface area contributed by atoms with E-state index in [-0.39, 0.29) is 0 Å². The number of hydrogen-bond acceptors (Lipinski definition) is 5. The van der Waals surface area contributed by atoms with Crippen LogP contribution in [-0.4, -0.2) is 9.97 Å². The molecule has 26 heavy (non-hydrogen) atoms. The summed E-state index contributed by atoms with van der Waals surface area (Å²) in [6.07, 6.45) is 1.76. The van der Waals surface area contributed by atoms with E-state index in [2.05, 4.69) is 74.5 Å². The highest BCUT2D eigenvalue weighted by molar-refractivity contribution is 7.14. The smallest absolute Gasteiger partial charge is 0.188 e. The van der Waals surface area contributed by atoms with E-state index in [9.17, 15) is 0 Å². The summed E-state index contributed by atoms with van der Waals surface area (Å²) in [5.74, 6) is 0.800. The van der Waals surface area contributed by atoms with Gasteiger partial charge in [0.2, 0.25) is 0 Å². The Morgan fingerprint density at radius 2 is 1.65 bits per heavy atom. The summed E-state index contributed by atoms with van der Waals surface area (Å²) in [6, 6.07) is 24.5. The van der Waals surface area contributed by atoms with Crippen molar-refractivity contribution in [3.8, 4) is 11.3 Å². The number of anilines is 3. The Hall–Kier alpha value is -3.18. The zero-order chi connectivity index (χ0) is 17.6. The molecule has 0 radical (unpaired) electrons. The second kappa shape index (κ2) is 7.80. The first-order valence-electron chi connectivity index (χ1n) is 8.39. The molecule has 4 aromatic rings. The molecular formula is C21H18N4S. The van der Waals surface area contributed by atoms with Gasteiger partial charge in [0.25, 0.3) is 0 Å². The van der Waals surface area contributed by atoms with Gasteiger partial charge in [-0.2, -0.15) is 0 Å². The Morgan fingerprint density at radius 3 is 2.42 bits per heavy atom. The third-order valence-electron chi connectivity index (χ3n) is 3.92. The molecule has 0 spiro atoms. The zero-order valence-corrected chi connectivity index (χ0v) is 14.9. The van der Waals surface area contributed by atoms with Gasteiger partial charge in [-0.1, -0.05) is 48.5 Å². The molecule has 0 aliphatic rings. The third-order valence-corrected chi connectivity index (χ3v) is 4.68. The predicted molar refractivity (Wildman–Crippen MR) is 109 cm³/mol. The number of thiazole rings is 1. The molecular weight excluding hydrogens is 340 g/mol. The number of rotatable bonds is 6. The molecule has 5 heteroatoms. The van der Waals surface area contributed by atoms with E-state index in [0.717, 1.165) is 34.4 Å². The fraction of sp³-hybridized carbons (Fsp3) is 0.0476. The van der Waals surface area contributed by atoms with Crippen molar-refractivity contribution in [1.82, 2.24) is 9.97 Å². The van der Waals surface area contributed by atoms with E-state index in [1.165, 1.54) is 5.56 Å². The fourth-order valence-electron chi connectivity index (χ4n) is 2.57. The van der Waals surface area contributed by atoms with Gasteiger partial charge in [0.05, 0.1) is 5.69 Å². The highest BCUT2D eigenvalue weighted by Gasteiger charge is 2.05. The minimum Gasteiger partial charge on any atom is -0.381 e. The van der Waals surface area contributed by atoms with E-state index < -0.39 is 0 Å². The number of hydrogen-bond donors (Lipinski definition) is 2. The lowest BCUT2D eigenvalue weighted by atomic mass is 10.1. The molecule has 0 unspecified atom stereocenters. The van der Waals surface area contributed by atoms with Crippen molar-refractivity contribution in [3.63, 3.8) is 0 Å².